The van der Waals surface area contributed by atoms with Crippen molar-refractivity contribution in [3.05, 3.63) is 64.2 Å². The Labute approximate surface area is 186 Å². The Bertz CT molecular complexity index is 1240. The maximum Gasteiger partial charge on any atom is 0.294 e. The molecular weight excluding hydrogens is 432 g/mol. The van der Waals surface area contributed by atoms with E-state index in [1.165, 1.54) is 17.0 Å². The molecule has 2 aliphatic rings. The maximum absolute atomic E-state index is 13.1. The zero-order valence-electron chi connectivity index (χ0n) is 17.8. The number of hydrogen-bond acceptors (Lipinski definition) is 5. The van der Waals surface area contributed by atoms with Gasteiger partial charge in [0, 0.05) is 24.4 Å². The molecule has 0 saturated carbocycles. The van der Waals surface area contributed by atoms with E-state index in [-0.39, 0.29) is 29.0 Å². The van der Waals surface area contributed by atoms with E-state index in [1.54, 1.807) is 12.1 Å². The minimum absolute atomic E-state index is 0.169. The molecule has 168 valence electrons. The van der Waals surface area contributed by atoms with Crippen LogP contribution in [0.15, 0.2) is 41.3 Å². The molecule has 2 aliphatic heterocycles. The highest BCUT2D eigenvalue weighted by atomic mass is 32.2. The Morgan fingerprint density at radius 2 is 1.91 bits per heavy atom. The summed E-state index contributed by atoms with van der Waals surface area (Å²) >= 11 is 0. The van der Waals surface area contributed by atoms with Crippen LogP contribution in [0.2, 0.25) is 0 Å². The number of carbonyl (C=O) groups is 3. The second-order valence-corrected chi connectivity index (χ2v) is 9.69. The average molecular weight is 457 g/mol. The largest absolute Gasteiger partial charge is 0.322 e. The lowest BCUT2D eigenvalue weighted by molar-refractivity contribution is -0.136. The summed E-state index contributed by atoms with van der Waals surface area (Å²) in [6, 6.07) is 9.40. The van der Waals surface area contributed by atoms with Crippen LogP contribution in [0.1, 0.15) is 64.7 Å². The number of hydrogen-bond donors (Lipinski definition) is 2. The van der Waals surface area contributed by atoms with E-state index in [9.17, 15) is 27.4 Å². The number of carbonyl (C=O) groups excluding carboxylic acids is 3. The highest BCUT2D eigenvalue weighted by Crippen LogP contribution is 2.35. The third kappa shape index (κ3) is 3.93. The summed E-state index contributed by atoms with van der Waals surface area (Å²) in [5, 5.41) is 2.30. The van der Waals surface area contributed by atoms with E-state index in [4.69, 9.17) is 0 Å². The molecule has 2 heterocycles. The number of piperidine rings is 1. The highest BCUT2D eigenvalue weighted by Gasteiger charge is 2.39. The summed E-state index contributed by atoms with van der Waals surface area (Å²) in [7, 11) is -4.34. The molecule has 1 fully saturated rings. The third-order valence-corrected chi connectivity index (χ3v) is 7.14. The first-order valence-corrected chi connectivity index (χ1v) is 11.9. The van der Waals surface area contributed by atoms with Crippen LogP contribution in [0.25, 0.3) is 0 Å². The first kappa shape index (κ1) is 22.2. The lowest BCUT2D eigenvalue weighted by Crippen LogP contribution is -2.52. The van der Waals surface area contributed by atoms with E-state index in [1.807, 2.05) is 26.0 Å². The minimum Gasteiger partial charge on any atom is -0.322 e. The van der Waals surface area contributed by atoms with Crippen LogP contribution in [-0.4, -0.2) is 41.6 Å². The molecule has 1 saturated heterocycles. The van der Waals surface area contributed by atoms with Crippen LogP contribution in [0.4, 0.5) is 0 Å². The van der Waals surface area contributed by atoms with Crippen LogP contribution in [0.3, 0.4) is 0 Å². The minimum atomic E-state index is -4.34. The molecule has 2 aromatic rings. The van der Waals surface area contributed by atoms with Gasteiger partial charge in [-0.1, -0.05) is 25.1 Å². The zero-order chi connectivity index (χ0) is 23.2. The van der Waals surface area contributed by atoms with Crippen LogP contribution >= 0.6 is 0 Å². The fourth-order valence-corrected chi connectivity index (χ4v) is 5.09. The Hall–Kier alpha value is -3.04. The fourth-order valence-electron chi connectivity index (χ4n) is 4.58. The van der Waals surface area contributed by atoms with E-state index in [2.05, 4.69) is 5.32 Å². The molecule has 3 amide bonds. The molecule has 0 aromatic heterocycles. The predicted octanol–water partition coefficient (Wildman–Crippen LogP) is 2.54. The topological polar surface area (TPSA) is 121 Å². The average Bonchev–Trinajstić information content (AvgIpc) is 3.05. The van der Waals surface area contributed by atoms with Gasteiger partial charge in [-0.05, 0) is 60.2 Å². The van der Waals surface area contributed by atoms with Crippen molar-refractivity contribution in [1.29, 1.82) is 0 Å². The Kier molecular flexibility index (Phi) is 5.64. The smallest absolute Gasteiger partial charge is 0.294 e. The zero-order valence-corrected chi connectivity index (χ0v) is 18.6. The van der Waals surface area contributed by atoms with Gasteiger partial charge in [0.15, 0.2) is 0 Å². The van der Waals surface area contributed by atoms with Crippen LogP contribution < -0.4 is 5.32 Å². The highest BCUT2D eigenvalue weighted by molar-refractivity contribution is 7.85. The lowest BCUT2D eigenvalue weighted by Gasteiger charge is -2.29. The molecule has 0 bridgehead atoms. The van der Waals surface area contributed by atoms with Crippen molar-refractivity contribution in [2.75, 3.05) is 0 Å². The Morgan fingerprint density at radius 3 is 2.56 bits per heavy atom. The molecule has 0 spiro atoms. The second kappa shape index (κ2) is 8.14. The number of rotatable bonds is 5. The van der Waals surface area contributed by atoms with Gasteiger partial charge in [-0.15, -0.1) is 0 Å². The van der Waals surface area contributed by atoms with Crippen molar-refractivity contribution in [2.45, 2.75) is 56.5 Å². The van der Waals surface area contributed by atoms with Crippen molar-refractivity contribution >= 4 is 27.8 Å². The Balaban J connectivity index is 1.67. The number of nitrogens with zero attached hydrogens (tertiary/aromatic N) is 1. The first-order valence-electron chi connectivity index (χ1n) is 10.5. The van der Waals surface area contributed by atoms with Gasteiger partial charge >= 0.3 is 0 Å². The fraction of sp³-hybridized carbons (Fsp3) is 0.348. The van der Waals surface area contributed by atoms with Gasteiger partial charge in [0.2, 0.25) is 11.8 Å². The van der Waals surface area contributed by atoms with Crippen LogP contribution in [0, 0.1) is 6.92 Å². The van der Waals surface area contributed by atoms with Crippen molar-refractivity contribution in [1.82, 2.24) is 10.2 Å². The number of aryl methyl sites for hydroxylation is 1. The van der Waals surface area contributed by atoms with E-state index in [0.29, 0.717) is 24.9 Å². The molecule has 2 unspecified atom stereocenters. The number of nitrogens with one attached hydrogen (secondary N) is 1. The molecule has 2 N–H and O–H groups in total. The summed E-state index contributed by atoms with van der Waals surface area (Å²) in [5.41, 5.74) is 3.80. The van der Waals surface area contributed by atoms with Crippen molar-refractivity contribution in [3.8, 4) is 0 Å². The number of benzene rings is 2. The number of fused-ring (bicyclic) bond motifs is 1. The van der Waals surface area contributed by atoms with E-state index < -0.39 is 22.1 Å². The standard InChI is InChI=1S/C23H24N2O6S/c1-3-17(18-11-16(32(29,30)31)7-4-13(18)2)14-5-6-15-12-25(23(28)19(15)10-14)20-8-9-21(26)24-22(20)27/h4-7,10-11,17,20H,3,8-9,12H2,1-2H3,(H,24,26,27)(H,29,30,31). The summed E-state index contributed by atoms with van der Waals surface area (Å²) in [4.78, 5) is 38.2. The summed E-state index contributed by atoms with van der Waals surface area (Å²) in [6.07, 6.45) is 1.15. The van der Waals surface area contributed by atoms with Gasteiger partial charge in [-0.25, -0.2) is 0 Å². The molecule has 2 atom stereocenters. The van der Waals surface area contributed by atoms with Gasteiger partial charge in [-0.3, -0.25) is 24.3 Å². The van der Waals surface area contributed by atoms with Gasteiger partial charge in [0.05, 0.1) is 4.90 Å². The molecule has 0 aliphatic carbocycles. The van der Waals surface area contributed by atoms with Gasteiger partial charge in [0.1, 0.15) is 6.04 Å². The third-order valence-electron chi connectivity index (χ3n) is 6.29. The number of amides is 3. The van der Waals surface area contributed by atoms with Crippen LogP contribution in [0.5, 0.6) is 0 Å². The maximum atomic E-state index is 13.1. The predicted molar refractivity (Wildman–Crippen MR) is 116 cm³/mol. The molecule has 32 heavy (non-hydrogen) atoms. The van der Waals surface area contributed by atoms with Crippen molar-refractivity contribution in [3.63, 3.8) is 0 Å². The molecule has 9 heteroatoms. The normalized spacial score (nSPS) is 19.7. The van der Waals surface area contributed by atoms with E-state index >= 15 is 0 Å². The summed E-state index contributed by atoms with van der Waals surface area (Å²) < 4.78 is 32.7. The SMILES string of the molecule is CCC(c1ccc2c(c1)C(=O)N(C1CCC(=O)NC1=O)C2)c1cc(S(=O)(=O)O)ccc1C. The van der Waals surface area contributed by atoms with Gasteiger partial charge in [0.25, 0.3) is 16.0 Å². The molecule has 8 nitrogen and oxygen atoms in total. The quantitative estimate of drug-likeness (QED) is 0.527. The van der Waals surface area contributed by atoms with Crippen molar-refractivity contribution < 1.29 is 27.4 Å². The molecular formula is C23H24N2O6S. The van der Waals surface area contributed by atoms with Gasteiger partial charge < -0.3 is 4.90 Å². The van der Waals surface area contributed by atoms with Crippen molar-refractivity contribution in [2.24, 2.45) is 0 Å². The lowest BCUT2D eigenvalue weighted by atomic mass is 9.85. The summed E-state index contributed by atoms with van der Waals surface area (Å²) in [6.45, 7) is 4.14. The number of imide groups is 1. The van der Waals surface area contributed by atoms with Gasteiger partial charge in [-0.2, -0.15) is 8.42 Å². The van der Waals surface area contributed by atoms with Crippen LogP contribution in [-0.2, 0) is 26.3 Å². The monoisotopic (exact) mass is 456 g/mol. The molecule has 0 radical (unpaired) electrons. The van der Waals surface area contributed by atoms with E-state index in [0.717, 1.165) is 22.3 Å². The molecule has 4 rings (SSSR count). The second-order valence-electron chi connectivity index (χ2n) is 8.27. The summed E-state index contributed by atoms with van der Waals surface area (Å²) in [5.74, 6) is -1.22. The Morgan fingerprint density at radius 1 is 1.16 bits per heavy atom. The first-order chi connectivity index (χ1) is 15.1. The molecule has 2 aromatic carbocycles.